The number of hydrogen-bond donors (Lipinski definition) is 2. The summed E-state index contributed by atoms with van der Waals surface area (Å²) in [6.07, 6.45) is 1.33. The van der Waals surface area contributed by atoms with E-state index in [2.05, 4.69) is 10.6 Å². The molecule has 0 unspecified atom stereocenters. The first kappa shape index (κ1) is 18.7. The molecule has 2 aromatic rings. The molecule has 26 heavy (non-hydrogen) atoms. The third-order valence-corrected chi connectivity index (χ3v) is 3.49. The van der Waals surface area contributed by atoms with E-state index in [0.29, 0.717) is 28.6 Å². The largest absolute Gasteiger partial charge is 0.495 e. The number of nitrogens with one attached hydrogen (secondary N) is 2. The summed E-state index contributed by atoms with van der Waals surface area (Å²) in [5.74, 6) is 1.07. The van der Waals surface area contributed by atoms with Crippen molar-refractivity contribution >= 4 is 17.3 Å². The number of hydrogen-bond acceptors (Lipinski definition) is 6. The van der Waals surface area contributed by atoms with Crippen molar-refractivity contribution in [2.75, 3.05) is 32.0 Å². The lowest BCUT2D eigenvalue weighted by atomic mass is 10.2. The fourth-order valence-electron chi connectivity index (χ4n) is 2.17. The summed E-state index contributed by atoms with van der Waals surface area (Å²) >= 11 is 0. The van der Waals surface area contributed by atoms with Gasteiger partial charge in [-0.05, 0) is 24.3 Å². The number of ether oxygens (including phenoxy) is 3. The zero-order chi connectivity index (χ0) is 18.9. The van der Waals surface area contributed by atoms with E-state index in [9.17, 15) is 10.1 Å². The molecule has 2 rings (SSSR count). The topological polar surface area (TPSA) is 92.6 Å². The molecule has 7 heteroatoms. The molecule has 2 aromatic carbocycles. The van der Waals surface area contributed by atoms with E-state index >= 15 is 0 Å². The molecule has 0 aliphatic rings. The average Bonchev–Trinajstić information content (AvgIpc) is 2.68. The fraction of sp³-hybridized carbons (Fsp3) is 0.158. The molecule has 0 fully saturated rings. The highest BCUT2D eigenvalue weighted by atomic mass is 16.5. The molecule has 0 heterocycles. The zero-order valence-electron chi connectivity index (χ0n) is 14.7. The van der Waals surface area contributed by atoms with Gasteiger partial charge in [-0.3, -0.25) is 4.79 Å². The van der Waals surface area contributed by atoms with Crippen molar-refractivity contribution in [1.29, 1.82) is 5.26 Å². The lowest BCUT2D eigenvalue weighted by Crippen LogP contribution is -2.15. The van der Waals surface area contributed by atoms with Gasteiger partial charge in [-0.25, -0.2) is 0 Å². The maximum atomic E-state index is 12.3. The van der Waals surface area contributed by atoms with Crippen LogP contribution >= 0.6 is 0 Å². The van der Waals surface area contributed by atoms with Crippen molar-refractivity contribution in [1.82, 2.24) is 0 Å². The number of rotatable bonds is 7. The maximum Gasteiger partial charge on any atom is 0.267 e. The predicted octanol–water partition coefficient (Wildman–Crippen LogP) is 3.17. The Balaban J connectivity index is 2.15. The van der Waals surface area contributed by atoms with Gasteiger partial charge in [0.05, 0.1) is 27.0 Å². The minimum Gasteiger partial charge on any atom is -0.495 e. The van der Waals surface area contributed by atoms with E-state index in [-0.39, 0.29) is 5.57 Å². The first-order valence-electron chi connectivity index (χ1n) is 7.66. The van der Waals surface area contributed by atoms with Crippen LogP contribution in [0.1, 0.15) is 0 Å². The third kappa shape index (κ3) is 4.45. The van der Waals surface area contributed by atoms with E-state index in [4.69, 9.17) is 14.2 Å². The minimum absolute atomic E-state index is 0.0920. The van der Waals surface area contributed by atoms with Crippen LogP contribution in [0.3, 0.4) is 0 Å². The average molecular weight is 353 g/mol. The van der Waals surface area contributed by atoms with Crippen LogP contribution in [-0.2, 0) is 4.79 Å². The zero-order valence-corrected chi connectivity index (χ0v) is 14.7. The lowest BCUT2D eigenvalue weighted by Gasteiger charge is -2.10. The second-order valence-corrected chi connectivity index (χ2v) is 5.04. The molecular weight excluding hydrogens is 334 g/mol. The van der Waals surface area contributed by atoms with Crippen LogP contribution in [-0.4, -0.2) is 27.2 Å². The van der Waals surface area contributed by atoms with Crippen LogP contribution in [0.4, 0.5) is 11.4 Å². The Morgan fingerprint density at radius 3 is 2.35 bits per heavy atom. The summed E-state index contributed by atoms with van der Waals surface area (Å²) in [4.78, 5) is 12.3. The molecule has 0 aromatic heterocycles. The number of nitriles is 1. The second-order valence-electron chi connectivity index (χ2n) is 5.04. The van der Waals surface area contributed by atoms with E-state index in [1.165, 1.54) is 20.4 Å². The van der Waals surface area contributed by atoms with Gasteiger partial charge in [0.1, 0.15) is 17.4 Å². The summed E-state index contributed by atoms with van der Waals surface area (Å²) in [5.41, 5.74) is 1.03. The van der Waals surface area contributed by atoms with E-state index in [1.54, 1.807) is 49.6 Å². The molecule has 134 valence electrons. The summed E-state index contributed by atoms with van der Waals surface area (Å²) < 4.78 is 15.6. The molecule has 0 saturated carbocycles. The van der Waals surface area contributed by atoms with Gasteiger partial charge in [0.2, 0.25) is 0 Å². The first-order valence-corrected chi connectivity index (χ1v) is 7.66. The number of methoxy groups -OCH3 is 3. The maximum absolute atomic E-state index is 12.3. The normalized spacial score (nSPS) is 10.5. The van der Waals surface area contributed by atoms with Crippen molar-refractivity contribution in [3.63, 3.8) is 0 Å². The number of benzene rings is 2. The number of carbonyl (C=O) groups is 1. The van der Waals surface area contributed by atoms with Crippen LogP contribution in [0.5, 0.6) is 17.2 Å². The molecule has 2 N–H and O–H groups in total. The Hall–Kier alpha value is -3.66. The highest BCUT2D eigenvalue weighted by molar-refractivity contribution is 6.07. The molecule has 0 bridgehead atoms. The SMILES string of the molecule is COc1ccccc1NC(=O)/C(C#N)=C\Nc1ccc(OC)c(OC)c1. The molecule has 7 nitrogen and oxygen atoms in total. The van der Waals surface area contributed by atoms with Crippen LogP contribution in [0.25, 0.3) is 0 Å². The Bertz CT molecular complexity index is 856. The molecular formula is C19H19N3O4. The quantitative estimate of drug-likeness (QED) is 0.587. The summed E-state index contributed by atoms with van der Waals surface area (Å²) in [7, 11) is 4.57. The van der Waals surface area contributed by atoms with Gasteiger partial charge in [0.25, 0.3) is 5.91 Å². The Labute approximate surface area is 151 Å². The highest BCUT2D eigenvalue weighted by Gasteiger charge is 2.12. The smallest absolute Gasteiger partial charge is 0.267 e. The van der Waals surface area contributed by atoms with Gasteiger partial charge in [-0.1, -0.05) is 12.1 Å². The van der Waals surface area contributed by atoms with E-state index in [0.717, 1.165) is 0 Å². The van der Waals surface area contributed by atoms with Gasteiger partial charge >= 0.3 is 0 Å². The molecule has 1 amide bonds. The van der Waals surface area contributed by atoms with E-state index < -0.39 is 5.91 Å². The number of carbonyl (C=O) groups excluding carboxylic acids is 1. The fourth-order valence-corrected chi connectivity index (χ4v) is 2.17. The van der Waals surface area contributed by atoms with Crippen LogP contribution in [0, 0.1) is 11.3 Å². The number of nitrogens with zero attached hydrogens (tertiary/aromatic N) is 1. The van der Waals surface area contributed by atoms with Crippen molar-refractivity contribution in [2.24, 2.45) is 0 Å². The van der Waals surface area contributed by atoms with Crippen LogP contribution < -0.4 is 24.8 Å². The molecule has 0 spiro atoms. The predicted molar refractivity (Wildman–Crippen MR) is 98.5 cm³/mol. The second kappa shape index (κ2) is 8.99. The minimum atomic E-state index is -0.551. The summed E-state index contributed by atoms with van der Waals surface area (Å²) in [6, 6.07) is 14.0. The molecule has 0 aliphatic heterocycles. The van der Waals surface area contributed by atoms with Crippen molar-refractivity contribution in [2.45, 2.75) is 0 Å². The molecule has 0 radical (unpaired) electrons. The van der Waals surface area contributed by atoms with Gasteiger partial charge in [-0.15, -0.1) is 0 Å². The van der Waals surface area contributed by atoms with Gasteiger partial charge in [-0.2, -0.15) is 5.26 Å². The Kier molecular flexibility index (Phi) is 6.46. The lowest BCUT2D eigenvalue weighted by molar-refractivity contribution is -0.112. The van der Waals surface area contributed by atoms with Crippen LogP contribution in [0.15, 0.2) is 54.2 Å². The van der Waals surface area contributed by atoms with Crippen molar-refractivity contribution in [3.05, 3.63) is 54.2 Å². The van der Waals surface area contributed by atoms with Gasteiger partial charge < -0.3 is 24.8 Å². The highest BCUT2D eigenvalue weighted by Crippen LogP contribution is 2.30. The number of amides is 1. The number of para-hydroxylation sites is 2. The Morgan fingerprint density at radius 2 is 1.69 bits per heavy atom. The first-order chi connectivity index (χ1) is 12.6. The molecule has 0 saturated heterocycles. The summed E-state index contributed by atoms with van der Waals surface area (Å²) in [5, 5.41) is 14.8. The molecule has 0 atom stereocenters. The van der Waals surface area contributed by atoms with E-state index in [1.807, 2.05) is 6.07 Å². The van der Waals surface area contributed by atoms with Gasteiger partial charge in [0.15, 0.2) is 11.5 Å². The van der Waals surface area contributed by atoms with Gasteiger partial charge in [0, 0.05) is 18.0 Å². The van der Waals surface area contributed by atoms with Crippen molar-refractivity contribution < 1.29 is 19.0 Å². The van der Waals surface area contributed by atoms with Crippen molar-refractivity contribution in [3.8, 4) is 23.3 Å². The third-order valence-electron chi connectivity index (χ3n) is 3.49. The Morgan fingerprint density at radius 1 is 1.00 bits per heavy atom. The molecule has 0 aliphatic carbocycles. The monoisotopic (exact) mass is 353 g/mol. The summed E-state index contributed by atoms with van der Waals surface area (Å²) in [6.45, 7) is 0. The number of anilines is 2. The van der Waals surface area contributed by atoms with Crippen LogP contribution in [0.2, 0.25) is 0 Å². The standard InChI is InChI=1S/C19H19N3O4/c1-24-16-7-5-4-6-15(16)22-19(23)13(11-20)12-21-14-8-9-17(25-2)18(10-14)26-3/h4-10,12,21H,1-3H3,(H,22,23)/b13-12-.